The SMILES string of the molecule is NC(C=Cc1ccccc1)=NC1CCCCC1. The molecule has 0 amide bonds. The Labute approximate surface area is 103 Å². The first-order chi connectivity index (χ1) is 8.34. The van der Waals surface area contributed by atoms with Gasteiger partial charge in [-0.1, -0.05) is 55.7 Å². The Morgan fingerprint density at radius 1 is 1.12 bits per heavy atom. The Morgan fingerprint density at radius 2 is 1.82 bits per heavy atom. The molecule has 2 nitrogen and oxygen atoms in total. The van der Waals surface area contributed by atoms with Crippen LogP contribution in [0.1, 0.15) is 37.7 Å². The van der Waals surface area contributed by atoms with E-state index in [1.54, 1.807) is 0 Å². The highest BCUT2D eigenvalue weighted by Gasteiger charge is 2.11. The highest BCUT2D eigenvalue weighted by atomic mass is 14.9. The van der Waals surface area contributed by atoms with E-state index in [0.29, 0.717) is 11.9 Å². The zero-order valence-electron chi connectivity index (χ0n) is 10.2. The number of hydrogen-bond acceptors (Lipinski definition) is 1. The van der Waals surface area contributed by atoms with E-state index in [1.807, 2.05) is 30.4 Å². The highest BCUT2D eigenvalue weighted by molar-refractivity contribution is 5.95. The fraction of sp³-hybridized carbons (Fsp3) is 0.400. The largest absolute Gasteiger partial charge is 0.384 e. The molecule has 2 N–H and O–H groups in total. The fourth-order valence-corrected chi connectivity index (χ4v) is 2.21. The lowest BCUT2D eigenvalue weighted by Crippen LogP contribution is -2.16. The minimum Gasteiger partial charge on any atom is -0.384 e. The van der Waals surface area contributed by atoms with Crippen molar-refractivity contribution in [1.82, 2.24) is 0 Å². The molecule has 17 heavy (non-hydrogen) atoms. The van der Waals surface area contributed by atoms with E-state index in [1.165, 1.54) is 32.1 Å². The molecule has 90 valence electrons. The maximum absolute atomic E-state index is 5.92. The summed E-state index contributed by atoms with van der Waals surface area (Å²) in [5.74, 6) is 0.653. The van der Waals surface area contributed by atoms with Crippen molar-refractivity contribution in [3.8, 4) is 0 Å². The summed E-state index contributed by atoms with van der Waals surface area (Å²) in [5.41, 5.74) is 7.08. The van der Waals surface area contributed by atoms with Gasteiger partial charge in [-0.25, -0.2) is 0 Å². The number of benzene rings is 1. The molecule has 0 radical (unpaired) electrons. The number of amidine groups is 1. The lowest BCUT2D eigenvalue weighted by atomic mass is 9.96. The molecule has 0 spiro atoms. The number of nitrogens with zero attached hydrogens (tertiary/aromatic N) is 1. The zero-order valence-corrected chi connectivity index (χ0v) is 10.2. The van der Waals surface area contributed by atoms with Crippen LogP contribution in [-0.4, -0.2) is 11.9 Å². The van der Waals surface area contributed by atoms with Crippen LogP contribution in [0.2, 0.25) is 0 Å². The Morgan fingerprint density at radius 3 is 2.53 bits per heavy atom. The summed E-state index contributed by atoms with van der Waals surface area (Å²) in [6, 6.07) is 10.6. The van der Waals surface area contributed by atoms with E-state index in [0.717, 1.165) is 5.56 Å². The summed E-state index contributed by atoms with van der Waals surface area (Å²) in [5, 5.41) is 0. The Balaban J connectivity index is 1.93. The molecule has 1 aromatic rings. The smallest absolute Gasteiger partial charge is 0.118 e. The average Bonchev–Trinajstić information content (AvgIpc) is 2.39. The van der Waals surface area contributed by atoms with Gasteiger partial charge in [-0.15, -0.1) is 0 Å². The summed E-state index contributed by atoms with van der Waals surface area (Å²) in [6.45, 7) is 0. The highest BCUT2D eigenvalue weighted by Crippen LogP contribution is 2.20. The summed E-state index contributed by atoms with van der Waals surface area (Å²) in [4.78, 5) is 4.56. The molecular formula is C15H20N2. The van der Waals surface area contributed by atoms with Gasteiger partial charge in [0.25, 0.3) is 0 Å². The van der Waals surface area contributed by atoms with Crippen LogP contribution in [0.4, 0.5) is 0 Å². The summed E-state index contributed by atoms with van der Waals surface area (Å²) in [7, 11) is 0. The van der Waals surface area contributed by atoms with E-state index < -0.39 is 0 Å². The lowest BCUT2D eigenvalue weighted by Gasteiger charge is -2.17. The Bertz CT molecular complexity index is 387. The Hall–Kier alpha value is -1.57. The van der Waals surface area contributed by atoms with Gasteiger partial charge in [-0.2, -0.15) is 0 Å². The van der Waals surface area contributed by atoms with Crippen molar-refractivity contribution in [2.75, 3.05) is 0 Å². The molecule has 0 atom stereocenters. The lowest BCUT2D eigenvalue weighted by molar-refractivity contribution is 0.443. The molecule has 2 heteroatoms. The van der Waals surface area contributed by atoms with E-state index in [9.17, 15) is 0 Å². The van der Waals surface area contributed by atoms with E-state index in [-0.39, 0.29) is 0 Å². The average molecular weight is 228 g/mol. The quantitative estimate of drug-likeness (QED) is 0.625. The van der Waals surface area contributed by atoms with Gasteiger partial charge in [0.15, 0.2) is 0 Å². The van der Waals surface area contributed by atoms with Gasteiger partial charge < -0.3 is 5.73 Å². The molecule has 1 saturated carbocycles. The van der Waals surface area contributed by atoms with Gasteiger partial charge in [0.05, 0.1) is 6.04 Å². The minimum absolute atomic E-state index is 0.448. The van der Waals surface area contributed by atoms with Crippen LogP contribution in [0.15, 0.2) is 41.4 Å². The maximum atomic E-state index is 5.92. The molecule has 1 aromatic carbocycles. The van der Waals surface area contributed by atoms with Gasteiger partial charge in [-0.3, -0.25) is 4.99 Å². The zero-order chi connectivity index (χ0) is 11.9. The maximum Gasteiger partial charge on any atom is 0.118 e. The second kappa shape index (κ2) is 6.24. The fourth-order valence-electron chi connectivity index (χ4n) is 2.21. The third-order valence-corrected chi connectivity index (χ3v) is 3.15. The number of aliphatic imine (C=N–C) groups is 1. The molecule has 1 aliphatic carbocycles. The first-order valence-corrected chi connectivity index (χ1v) is 6.41. The predicted molar refractivity (Wildman–Crippen MR) is 74.0 cm³/mol. The van der Waals surface area contributed by atoms with Crippen LogP contribution in [0, 0.1) is 0 Å². The van der Waals surface area contributed by atoms with Crippen molar-refractivity contribution in [2.24, 2.45) is 10.7 Å². The first kappa shape index (κ1) is 11.9. The van der Waals surface area contributed by atoms with Crippen molar-refractivity contribution in [3.05, 3.63) is 42.0 Å². The van der Waals surface area contributed by atoms with Crippen LogP contribution in [0.5, 0.6) is 0 Å². The number of nitrogens with two attached hydrogens (primary N) is 1. The number of hydrogen-bond donors (Lipinski definition) is 1. The van der Waals surface area contributed by atoms with E-state index in [4.69, 9.17) is 5.73 Å². The molecule has 1 fully saturated rings. The van der Waals surface area contributed by atoms with Crippen molar-refractivity contribution < 1.29 is 0 Å². The topological polar surface area (TPSA) is 38.4 Å². The standard InChI is InChI=1S/C15H20N2/c16-15(17-14-9-5-2-6-10-14)12-11-13-7-3-1-4-8-13/h1,3-4,7-8,11-12,14H,2,5-6,9-10H2,(H2,16,17). The third-order valence-electron chi connectivity index (χ3n) is 3.15. The van der Waals surface area contributed by atoms with Gasteiger partial charge in [0.2, 0.25) is 0 Å². The summed E-state index contributed by atoms with van der Waals surface area (Å²) in [6.07, 6.45) is 10.3. The Kier molecular flexibility index (Phi) is 4.37. The molecule has 1 aliphatic rings. The minimum atomic E-state index is 0.448. The molecule has 0 unspecified atom stereocenters. The summed E-state index contributed by atoms with van der Waals surface area (Å²) < 4.78 is 0. The van der Waals surface area contributed by atoms with Crippen LogP contribution in [0.25, 0.3) is 6.08 Å². The molecule has 2 rings (SSSR count). The van der Waals surface area contributed by atoms with Gasteiger partial charge in [0.1, 0.15) is 5.84 Å². The first-order valence-electron chi connectivity index (χ1n) is 6.41. The second-order valence-corrected chi connectivity index (χ2v) is 4.59. The number of rotatable bonds is 3. The molecule has 0 aromatic heterocycles. The van der Waals surface area contributed by atoms with Gasteiger partial charge >= 0.3 is 0 Å². The molecule has 0 saturated heterocycles. The third kappa shape index (κ3) is 4.06. The van der Waals surface area contributed by atoms with Crippen LogP contribution in [-0.2, 0) is 0 Å². The van der Waals surface area contributed by atoms with Crippen LogP contribution < -0.4 is 5.73 Å². The van der Waals surface area contributed by atoms with Crippen molar-refractivity contribution in [2.45, 2.75) is 38.1 Å². The molecule has 0 bridgehead atoms. The van der Waals surface area contributed by atoms with E-state index >= 15 is 0 Å². The molecule has 0 aliphatic heterocycles. The van der Waals surface area contributed by atoms with Crippen LogP contribution >= 0.6 is 0 Å². The van der Waals surface area contributed by atoms with E-state index in [2.05, 4.69) is 17.1 Å². The van der Waals surface area contributed by atoms with Gasteiger partial charge in [0, 0.05) is 0 Å². The molecule has 0 heterocycles. The van der Waals surface area contributed by atoms with Crippen molar-refractivity contribution in [1.29, 1.82) is 0 Å². The second-order valence-electron chi connectivity index (χ2n) is 4.59. The van der Waals surface area contributed by atoms with Crippen molar-refractivity contribution in [3.63, 3.8) is 0 Å². The van der Waals surface area contributed by atoms with Crippen LogP contribution in [0.3, 0.4) is 0 Å². The molecular weight excluding hydrogens is 208 g/mol. The monoisotopic (exact) mass is 228 g/mol. The summed E-state index contributed by atoms with van der Waals surface area (Å²) >= 11 is 0. The normalized spacial score (nSPS) is 18.7. The van der Waals surface area contributed by atoms with Crippen molar-refractivity contribution >= 4 is 11.9 Å². The van der Waals surface area contributed by atoms with Gasteiger partial charge in [-0.05, 0) is 24.5 Å². The predicted octanol–water partition coefficient (Wildman–Crippen LogP) is 3.39.